The lowest BCUT2D eigenvalue weighted by molar-refractivity contribution is 0.584. The Kier molecular flexibility index (Phi) is 5.85. The second-order valence-electron chi connectivity index (χ2n) is 6.97. The summed E-state index contributed by atoms with van der Waals surface area (Å²) in [7, 11) is -3.62. The summed E-state index contributed by atoms with van der Waals surface area (Å²) in [5, 5.41) is 6.00. The van der Waals surface area contributed by atoms with Gasteiger partial charge in [0, 0.05) is 35.9 Å². The third-order valence-electron chi connectivity index (χ3n) is 4.84. The molecule has 3 N–H and O–H groups in total. The van der Waals surface area contributed by atoms with Crippen LogP contribution in [0.15, 0.2) is 87.5 Å². The van der Waals surface area contributed by atoms with Gasteiger partial charge in [0.05, 0.1) is 4.90 Å². The molecule has 4 rings (SSSR count). The average molecular weight is 449 g/mol. The third-order valence-corrected chi connectivity index (χ3v) is 6.38. The smallest absolute Gasteiger partial charge is 0.253 e. The van der Waals surface area contributed by atoms with E-state index in [9.17, 15) is 18.0 Å². The van der Waals surface area contributed by atoms with Gasteiger partial charge in [-0.2, -0.15) is 0 Å². The molecular formula is C23H20N4O4S. The highest BCUT2D eigenvalue weighted by atomic mass is 32.2. The van der Waals surface area contributed by atoms with Crippen molar-refractivity contribution in [3.05, 3.63) is 93.5 Å². The SMILES string of the molecule is CCNS(=O)(=O)c1cccc(-c2ccccc2Nc2c(Nc3ccncc3)c(=O)c2=O)c1. The van der Waals surface area contributed by atoms with Crippen molar-refractivity contribution in [2.45, 2.75) is 11.8 Å². The van der Waals surface area contributed by atoms with Crippen LogP contribution in [0.25, 0.3) is 11.1 Å². The summed E-state index contributed by atoms with van der Waals surface area (Å²) < 4.78 is 27.3. The van der Waals surface area contributed by atoms with Crippen LogP contribution in [0, 0.1) is 0 Å². The zero-order chi connectivity index (χ0) is 22.7. The van der Waals surface area contributed by atoms with Gasteiger partial charge in [-0.3, -0.25) is 14.6 Å². The maximum Gasteiger partial charge on any atom is 0.253 e. The number of nitrogens with zero attached hydrogens (tertiary/aromatic N) is 1. The lowest BCUT2D eigenvalue weighted by Gasteiger charge is -2.17. The molecule has 0 aliphatic carbocycles. The summed E-state index contributed by atoms with van der Waals surface area (Å²) >= 11 is 0. The maximum absolute atomic E-state index is 12.4. The molecule has 0 fully saturated rings. The van der Waals surface area contributed by atoms with E-state index in [1.807, 2.05) is 12.1 Å². The van der Waals surface area contributed by atoms with Crippen molar-refractivity contribution in [2.24, 2.45) is 0 Å². The quantitative estimate of drug-likeness (QED) is 0.355. The van der Waals surface area contributed by atoms with Gasteiger partial charge < -0.3 is 10.6 Å². The molecule has 0 unspecified atom stereocenters. The highest BCUT2D eigenvalue weighted by Gasteiger charge is 2.22. The predicted molar refractivity (Wildman–Crippen MR) is 125 cm³/mol. The first-order valence-electron chi connectivity index (χ1n) is 9.87. The first-order chi connectivity index (χ1) is 15.4. The van der Waals surface area contributed by atoms with E-state index in [0.717, 1.165) is 0 Å². The predicted octanol–water partition coefficient (Wildman–Crippen LogP) is 3.13. The Morgan fingerprint density at radius 2 is 1.53 bits per heavy atom. The normalized spacial score (nSPS) is 11.4. The van der Waals surface area contributed by atoms with Gasteiger partial charge in [-0.05, 0) is 35.9 Å². The minimum absolute atomic E-state index is 0.140. The number of para-hydroxylation sites is 1. The van der Waals surface area contributed by atoms with E-state index in [1.165, 1.54) is 6.07 Å². The molecular weight excluding hydrogens is 428 g/mol. The van der Waals surface area contributed by atoms with Gasteiger partial charge in [0.2, 0.25) is 10.0 Å². The van der Waals surface area contributed by atoms with Gasteiger partial charge in [-0.1, -0.05) is 37.3 Å². The van der Waals surface area contributed by atoms with Crippen LogP contribution in [0.4, 0.5) is 22.7 Å². The highest BCUT2D eigenvalue weighted by molar-refractivity contribution is 7.89. The molecule has 0 amide bonds. The average Bonchev–Trinajstić information content (AvgIpc) is 2.82. The van der Waals surface area contributed by atoms with Gasteiger partial charge in [0.1, 0.15) is 11.4 Å². The zero-order valence-corrected chi connectivity index (χ0v) is 17.9. The van der Waals surface area contributed by atoms with Gasteiger partial charge in [0.15, 0.2) is 0 Å². The van der Waals surface area contributed by atoms with Crippen molar-refractivity contribution in [3.8, 4) is 11.1 Å². The number of hydrogen-bond donors (Lipinski definition) is 3. The Hall–Kier alpha value is -3.82. The Morgan fingerprint density at radius 1 is 0.844 bits per heavy atom. The standard InChI is InChI=1S/C23H20N4O4S/c1-2-25-32(30,31)17-7-5-6-15(14-17)18-8-3-4-9-19(18)27-21-20(22(28)23(21)29)26-16-10-12-24-13-11-16/h3-14,25,27H,2H2,1H3,(H,24,26). The third kappa shape index (κ3) is 4.16. The van der Waals surface area contributed by atoms with E-state index in [1.54, 1.807) is 61.8 Å². The van der Waals surface area contributed by atoms with Crippen LogP contribution in [0.1, 0.15) is 6.92 Å². The number of aromatic nitrogens is 1. The number of hydrogen-bond acceptors (Lipinski definition) is 7. The van der Waals surface area contributed by atoms with Crippen molar-refractivity contribution in [1.29, 1.82) is 0 Å². The van der Waals surface area contributed by atoms with E-state index in [-0.39, 0.29) is 22.8 Å². The summed E-state index contributed by atoms with van der Waals surface area (Å²) in [6.45, 7) is 1.99. The molecule has 162 valence electrons. The van der Waals surface area contributed by atoms with Gasteiger partial charge in [0.25, 0.3) is 10.9 Å². The Morgan fingerprint density at radius 3 is 2.25 bits per heavy atom. The fourth-order valence-corrected chi connectivity index (χ4v) is 4.38. The van der Waals surface area contributed by atoms with Crippen molar-refractivity contribution >= 4 is 32.8 Å². The molecule has 0 saturated heterocycles. The van der Waals surface area contributed by atoms with Gasteiger partial charge in [-0.25, -0.2) is 13.1 Å². The lowest BCUT2D eigenvalue weighted by atomic mass is 10.0. The fraction of sp³-hybridized carbons (Fsp3) is 0.0870. The van der Waals surface area contributed by atoms with Crippen LogP contribution in [0.3, 0.4) is 0 Å². The Labute approximate surface area is 184 Å². The molecule has 1 heterocycles. The van der Waals surface area contributed by atoms with Gasteiger partial charge in [-0.15, -0.1) is 0 Å². The van der Waals surface area contributed by atoms with Crippen molar-refractivity contribution < 1.29 is 8.42 Å². The largest absolute Gasteiger partial charge is 0.350 e. The first-order valence-corrected chi connectivity index (χ1v) is 11.4. The number of nitrogens with one attached hydrogen (secondary N) is 3. The molecule has 9 heteroatoms. The molecule has 32 heavy (non-hydrogen) atoms. The minimum Gasteiger partial charge on any atom is -0.350 e. The molecule has 3 aromatic carbocycles. The molecule has 1 aromatic heterocycles. The summed E-state index contributed by atoms with van der Waals surface area (Å²) in [5.41, 5.74) is 1.61. The fourth-order valence-electron chi connectivity index (χ4n) is 3.29. The molecule has 0 aliphatic rings. The van der Waals surface area contributed by atoms with Gasteiger partial charge >= 0.3 is 0 Å². The molecule has 0 spiro atoms. The Balaban J connectivity index is 1.69. The molecule has 0 atom stereocenters. The van der Waals surface area contributed by atoms with E-state index in [0.29, 0.717) is 22.5 Å². The first kappa shape index (κ1) is 21.4. The van der Waals surface area contributed by atoms with Crippen molar-refractivity contribution in [1.82, 2.24) is 9.71 Å². The lowest BCUT2D eigenvalue weighted by Crippen LogP contribution is -2.35. The van der Waals surface area contributed by atoms with Crippen LogP contribution < -0.4 is 26.2 Å². The maximum atomic E-state index is 12.4. The number of rotatable bonds is 8. The number of pyridine rings is 1. The van der Waals surface area contributed by atoms with Crippen LogP contribution in [0.2, 0.25) is 0 Å². The molecule has 0 aliphatic heterocycles. The molecule has 4 aromatic rings. The van der Waals surface area contributed by atoms with E-state index < -0.39 is 20.9 Å². The topological polar surface area (TPSA) is 117 Å². The molecule has 0 radical (unpaired) electrons. The molecule has 0 bridgehead atoms. The van der Waals surface area contributed by atoms with E-state index >= 15 is 0 Å². The monoisotopic (exact) mass is 448 g/mol. The van der Waals surface area contributed by atoms with E-state index in [2.05, 4.69) is 20.3 Å². The molecule has 8 nitrogen and oxygen atoms in total. The van der Waals surface area contributed by atoms with Crippen LogP contribution >= 0.6 is 0 Å². The van der Waals surface area contributed by atoms with Crippen LogP contribution in [-0.4, -0.2) is 19.9 Å². The van der Waals surface area contributed by atoms with Crippen molar-refractivity contribution in [3.63, 3.8) is 0 Å². The summed E-state index contributed by atoms with van der Waals surface area (Å²) in [6.07, 6.45) is 3.15. The second kappa shape index (κ2) is 8.74. The zero-order valence-electron chi connectivity index (χ0n) is 17.1. The van der Waals surface area contributed by atoms with E-state index in [4.69, 9.17) is 0 Å². The summed E-state index contributed by atoms with van der Waals surface area (Å²) in [4.78, 5) is 28.5. The highest BCUT2D eigenvalue weighted by Crippen LogP contribution is 2.33. The Bertz CT molecular complexity index is 1440. The van der Waals surface area contributed by atoms with Crippen LogP contribution in [-0.2, 0) is 10.0 Å². The van der Waals surface area contributed by atoms with Crippen molar-refractivity contribution in [2.75, 3.05) is 17.2 Å². The summed E-state index contributed by atoms with van der Waals surface area (Å²) in [6, 6.07) is 17.1. The number of benzene rings is 2. The van der Waals surface area contributed by atoms with Crippen LogP contribution in [0.5, 0.6) is 0 Å². The number of anilines is 4. The second-order valence-corrected chi connectivity index (χ2v) is 8.74. The minimum atomic E-state index is -3.62. The summed E-state index contributed by atoms with van der Waals surface area (Å²) in [5.74, 6) is 0. The molecule has 0 saturated carbocycles. The number of sulfonamides is 1.